The largest absolute Gasteiger partial charge is 0.352 e. The Morgan fingerprint density at radius 1 is 1.20 bits per heavy atom. The van der Waals surface area contributed by atoms with Gasteiger partial charge in [0.2, 0.25) is 5.91 Å². The smallest absolute Gasteiger partial charge is 0.224 e. The second-order valence-corrected chi connectivity index (χ2v) is 4.73. The van der Waals surface area contributed by atoms with Crippen LogP contribution >= 0.6 is 0 Å². The minimum Gasteiger partial charge on any atom is -0.352 e. The van der Waals surface area contributed by atoms with Crippen molar-refractivity contribution in [3.63, 3.8) is 0 Å². The van der Waals surface area contributed by atoms with E-state index in [-0.39, 0.29) is 5.91 Å². The van der Waals surface area contributed by atoms with Gasteiger partial charge in [-0.2, -0.15) is 0 Å². The summed E-state index contributed by atoms with van der Waals surface area (Å²) in [5, 5.41) is 2.92. The summed E-state index contributed by atoms with van der Waals surface area (Å²) in [6, 6.07) is 9.69. The van der Waals surface area contributed by atoms with Gasteiger partial charge < -0.3 is 11.1 Å². The van der Waals surface area contributed by atoms with Crippen molar-refractivity contribution in [3.05, 3.63) is 65.0 Å². The van der Waals surface area contributed by atoms with Crippen LogP contribution in [0.4, 0.5) is 0 Å². The van der Waals surface area contributed by atoms with Crippen LogP contribution in [0.3, 0.4) is 0 Å². The molecule has 0 aliphatic rings. The highest BCUT2D eigenvalue weighted by Crippen LogP contribution is 2.09. The van der Waals surface area contributed by atoms with Crippen molar-refractivity contribution >= 4 is 5.91 Å². The van der Waals surface area contributed by atoms with Crippen LogP contribution in [0, 0.1) is 6.92 Å². The van der Waals surface area contributed by atoms with Gasteiger partial charge in [0.1, 0.15) is 0 Å². The van der Waals surface area contributed by atoms with E-state index in [2.05, 4.69) is 10.3 Å². The standard InChI is InChI=1S/C16H19N3O/c1-12-6-7-18-10-15(12)11-19-16(20)8-13-4-2-3-5-14(13)9-17/h2-7,10H,8-9,11,17H2,1H3,(H,19,20). The summed E-state index contributed by atoms with van der Waals surface area (Å²) in [7, 11) is 0. The van der Waals surface area contributed by atoms with Crippen molar-refractivity contribution in [2.45, 2.75) is 26.4 Å². The summed E-state index contributed by atoms with van der Waals surface area (Å²) in [6.07, 6.45) is 3.88. The maximum absolute atomic E-state index is 12.0. The molecular weight excluding hydrogens is 250 g/mol. The third-order valence-electron chi connectivity index (χ3n) is 3.31. The van der Waals surface area contributed by atoms with Gasteiger partial charge in [-0.1, -0.05) is 24.3 Å². The lowest BCUT2D eigenvalue weighted by Crippen LogP contribution is -2.25. The molecule has 3 N–H and O–H groups in total. The van der Waals surface area contributed by atoms with Crippen molar-refractivity contribution in [2.24, 2.45) is 5.73 Å². The average molecular weight is 269 g/mol. The first kappa shape index (κ1) is 14.2. The normalized spacial score (nSPS) is 10.3. The highest BCUT2D eigenvalue weighted by atomic mass is 16.1. The maximum Gasteiger partial charge on any atom is 0.224 e. The van der Waals surface area contributed by atoms with E-state index in [1.807, 2.05) is 37.3 Å². The number of nitrogens with zero attached hydrogens (tertiary/aromatic N) is 1. The van der Waals surface area contributed by atoms with E-state index in [9.17, 15) is 4.79 Å². The number of nitrogens with one attached hydrogen (secondary N) is 1. The molecule has 4 nitrogen and oxygen atoms in total. The Balaban J connectivity index is 1.95. The van der Waals surface area contributed by atoms with Crippen LogP contribution < -0.4 is 11.1 Å². The van der Waals surface area contributed by atoms with E-state index in [1.54, 1.807) is 12.4 Å². The van der Waals surface area contributed by atoms with Gasteiger partial charge in [-0.05, 0) is 35.2 Å². The van der Waals surface area contributed by atoms with E-state index in [1.165, 1.54) is 0 Å². The Hall–Kier alpha value is -2.20. The summed E-state index contributed by atoms with van der Waals surface area (Å²) in [5.41, 5.74) is 9.83. The van der Waals surface area contributed by atoms with Crippen molar-refractivity contribution in [3.8, 4) is 0 Å². The molecule has 1 amide bonds. The van der Waals surface area contributed by atoms with Crippen molar-refractivity contribution in [2.75, 3.05) is 0 Å². The zero-order chi connectivity index (χ0) is 14.4. The van der Waals surface area contributed by atoms with E-state index in [4.69, 9.17) is 5.73 Å². The summed E-state index contributed by atoms with van der Waals surface area (Å²) in [6.45, 7) is 2.96. The van der Waals surface area contributed by atoms with E-state index in [0.717, 1.165) is 22.3 Å². The molecule has 2 aromatic rings. The van der Waals surface area contributed by atoms with Crippen molar-refractivity contribution < 1.29 is 4.79 Å². The van der Waals surface area contributed by atoms with Gasteiger partial charge in [-0.3, -0.25) is 9.78 Å². The highest BCUT2D eigenvalue weighted by Gasteiger charge is 2.07. The van der Waals surface area contributed by atoms with Crippen LogP contribution in [0.2, 0.25) is 0 Å². The molecule has 1 heterocycles. The monoisotopic (exact) mass is 269 g/mol. The lowest BCUT2D eigenvalue weighted by atomic mass is 10.0. The predicted molar refractivity (Wildman–Crippen MR) is 78.9 cm³/mol. The molecule has 0 spiro atoms. The number of aryl methyl sites for hydroxylation is 1. The van der Waals surface area contributed by atoms with Crippen LogP contribution in [-0.4, -0.2) is 10.9 Å². The Morgan fingerprint density at radius 3 is 2.65 bits per heavy atom. The number of carbonyl (C=O) groups is 1. The van der Waals surface area contributed by atoms with Gasteiger partial charge in [0, 0.05) is 25.5 Å². The van der Waals surface area contributed by atoms with Crippen LogP contribution in [0.15, 0.2) is 42.7 Å². The number of hydrogen-bond acceptors (Lipinski definition) is 3. The number of amides is 1. The molecule has 0 atom stereocenters. The van der Waals surface area contributed by atoms with E-state index in [0.29, 0.717) is 19.5 Å². The number of pyridine rings is 1. The molecule has 0 radical (unpaired) electrons. The zero-order valence-electron chi connectivity index (χ0n) is 11.6. The van der Waals surface area contributed by atoms with Gasteiger partial charge in [-0.15, -0.1) is 0 Å². The van der Waals surface area contributed by atoms with E-state index < -0.39 is 0 Å². The summed E-state index contributed by atoms with van der Waals surface area (Å²) in [5.74, 6) is -0.00541. The quantitative estimate of drug-likeness (QED) is 0.868. The van der Waals surface area contributed by atoms with Gasteiger partial charge in [-0.25, -0.2) is 0 Å². The lowest BCUT2D eigenvalue weighted by Gasteiger charge is -2.09. The molecule has 0 fully saturated rings. The molecule has 4 heteroatoms. The van der Waals surface area contributed by atoms with Crippen LogP contribution in [0.1, 0.15) is 22.3 Å². The number of aromatic nitrogens is 1. The summed E-state index contributed by atoms with van der Waals surface area (Å²) < 4.78 is 0. The Bertz CT molecular complexity index is 596. The highest BCUT2D eigenvalue weighted by molar-refractivity contribution is 5.78. The fourth-order valence-electron chi connectivity index (χ4n) is 2.04. The Kier molecular flexibility index (Phi) is 4.85. The van der Waals surface area contributed by atoms with E-state index >= 15 is 0 Å². The number of carbonyl (C=O) groups excluding carboxylic acids is 1. The molecule has 2 rings (SSSR count). The zero-order valence-corrected chi connectivity index (χ0v) is 11.6. The molecule has 20 heavy (non-hydrogen) atoms. The third-order valence-corrected chi connectivity index (χ3v) is 3.31. The summed E-state index contributed by atoms with van der Waals surface area (Å²) in [4.78, 5) is 16.1. The molecule has 0 unspecified atom stereocenters. The number of hydrogen-bond donors (Lipinski definition) is 2. The molecule has 0 aliphatic carbocycles. The molecule has 1 aromatic carbocycles. The fourth-order valence-corrected chi connectivity index (χ4v) is 2.04. The topological polar surface area (TPSA) is 68.0 Å². The molecule has 0 saturated carbocycles. The third kappa shape index (κ3) is 3.65. The van der Waals surface area contributed by atoms with Crippen molar-refractivity contribution in [1.82, 2.24) is 10.3 Å². The molecule has 0 saturated heterocycles. The second-order valence-electron chi connectivity index (χ2n) is 4.73. The molecule has 1 aromatic heterocycles. The first-order valence-electron chi connectivity index (χ1n) is 6.63. The first-order valence-corrected chi connectivity index (χ1v) is 6.63. The molecule has 0 bridgehead atoms. The van der Waals surface area contributed by atoms with Gasteiger partial charge in [0.25, 0.3) is 0 Å². The Morgan fingerprint density at radius 2 is 1.95 bits per heavy atom. The van der Waals surface area contributed by atoms with Crippen LogP contribution in [0.25, 0.3) is 0 Å². The lowest BCUT2D eigenvalue weighted by molar-refractivity contribution is -0.120. The number of rotatable bonds is 5. The molecular formula is C16H19N3O. The number of nitrogens with two attached hydrogens (primary N) is 1. The molecule has 0 aliphatic heterocycles. The SMILES string of the molecule is Cc1ccncc1CNC(=O)Cc1ccccc1CN. The maximum atomic E-state index is 12.0. The Labute approximate surface area is 119 Å². The predicted octanol–water partition coefficient (Wildman–Crippen LogP) is 1.71. The minimum absolute atomic E-state index is 0.00541. The molecule has 104 valence electrons. The van der Waals surface area contributed by atoms with Gasteiger partial charge in [0.15, 0.2) is 0 Å². The van der Waals surface area contributed by atoms with Crippen molar-refractivity contribution in [1.29, 1.82) is 0 Å². The fraction of sp³-hybridized carbons (Fsp3) is 0.250. The minimum atomic E-state index is -0.00541. The van der Waals surface area contributed by atoms with Gasteiger partial charge in [0.05, 0.1) is 6.42 Å². The van der Waals surface area contributed by atoms with Gasteiger partial charge >= 0.3 is 0 Å². The number of benzene rings is 1. The average Bonchev–Trinajstić information content (AvgIpc) is 2.47. The first-order chi connectivity index (χ1) is 9.70. The van der Waals surface area contributed by atoms with Crippen LogP contribution in [-0.2, 0) is 24.3 Å². The summed E-state index contributed by atoms with van der Waals surface area (Å²) >= 11 is 0. The van der Waals surface area contributed by atoms with Crippen LogP contribution in [0.5, 0.6) is 0 Å². The second kappa shape index (κ2) is 6.82.